The maximum Gasteiger partial charge on any atom is 0.227 e. The minimum absolute atomic E-state index is 0.0239. The number of amides is 1. The van der Waals surface area contributed by atoms with Crippen molar-refractivity contribution >= 4 is 11.6 Å². The Morgan fingerprint density at radius 3 is 2.33 bits per heavy atom. The van der Waals surface area contributed by atoms with Crippen molar-refractivity contribution in [3.63, 3.8) is 0 Å². The van der Waals surface area contributed by atoms with Crippen molar-refractivity contribution < 1.29 is 19.4 Å². The van der Waals surface area contributed by atoms with Crippen molar-refractivity contribution in [2.45, 2.75) is 111 Å². The van der Waals surface area contributed by atoms with E-state index in [2.05, 4.69) is 39.1 Å². The Morgan fingerprint density at radius 1 is 1.03 bits per heavy atom. The van der Waals surface area contributed by atoms with E-state index in [1.54, 1.807) is 0 Å². The normalized spacial score (nSPS) is 14.7. The van der Waals surface area contributed by atoms with Gasteiger partial charge in [-0.1, -0.05) is 70.1 Å². The van der Waals surface area contributed by atoms with E-state index < -0.39 is 6.10 Å². The number of ether oxygens (including phenoxy) is 2. The van der Waals surface area contributed by atoms with Crippen LogP contribution in [0.15, 0.2) is 30.3 Å². The van der Waals surface area contributed by atoms with Gasteiger partial charge in [0.25, 0.3) is 0 Å². The maximum absolute atomic E-state index is 12.8. The summed E-state index contributed by atoms with van der Waals surface area (Å²) >= 11 is 0. The van der Waals surface area contributed by atoms with E-state index in [1.807, 2.05) is 31.2 Å². The molecule has 2 N–H and O–H groups in total. The topological polar surface area (TPSA) is 67.8 Å². The first-order valence-electron chi connectivity index (χ1n) is 13.7. The molecule has 2 aromatic carbocycles. The summed E-state index contributed by atoms with van der Waals surface area (Å²) in [5, 5.41) is 13.7. The number of aliphatic hydroxyl groups is 1. The number of aryl methyl sites for hydroxylation is 2. The number of benzene rings is 2. The van der Waals surface area contributed by atoms with Crippen LogP contribution in [0.3, 0.4) is 0 Å². The van der Waals surface area contributed by atoms with Gasteiger partial charge < -0.3 is 19.9 Å². The molecule has 3 rings (SSSR count). The lowest BCUT2D eigenvalue weighted by molar-refractivity contribution is -0.118. The highest BCUT2D eigenvalue weighted by atomic mass is 16.5. The average molecular weight is 496 g/mol. The zero-order valence-corrected chi connectivity index (χ0v) is 22.9. The Hall–Kier alpha value is -2.53. The number of hydrogen-bond acceptors (Lipinski definition) is 4. The summed E-state index contributed by atoms with van der Waals surface area (Å²) in [6, 6.07) is 9.49. The minimum Gasteiger partial charge on any atom is -0.494 e. The van der Waals surface area contributed by atoms with E-state index in [4.69, 9.17) is 9.47 Å². The molecule has 0 aromatic heterocycles. The standard InChI is InChI=1S/C31H45NO4/c1-6-7-8-9-10-11-12-13-18-35-25-16-14-24(15-17-25)27(33)20-28(34)32-29-23(3)19-22(2)26-21-31(4,5)36-30(26)29/h14-17,19,27,33H,6-13,18,20-21H2,1-5H3,(H,32,34). The van der Waals surface area contributed by atoms with Gasteiger partial charge in [0, 0.05) is 12.0 Å². The van der Waals surface area contributed by atoms with Gasteiger partial charge in [0.2, 0.25) is 5.91 Å². The highest BCUT2D eigenvalue weighted by molar-refractivity contribution is 5.94. The zero-order valence-electron chi connectivity index (χ0n) is 22.9. The second kappa shape index (κ2) is 13.1. The van der Waals surface area contributed by atoms with Gasteiger partial charge in [-0.2, -0.15) is 0 Å². The molecule has 0 saturated heterocycles. The van der Waals surface area contributed by atoms with E-state index in [0.29, 0.717) is 17.9 Å². The van der Waals surface area contributed by atoms with Gasteiger partial charge in [-0.15, -0.1) is 0 Å². The fraction of sp³-hybridized carbons (Fsp3) is 0.581. The van der Waals surface area contributed by atoms with Gasteiger partial charge in [-0.25, -0.2) is 0 Å². The van der Waals surface area contributed by atoms with Crippen LogP contribution in [0, 0.1) is 13.8 Å². The number of anilines is 1. The molecule has 0 fully saturated rings. The molecule has 198 valence electrons. The summed E-state index contributed by atoms with van der Waals surface area (Å²) in [5.74, 6) is 1.32. The van der Waals surface area contributed by atoms with Crippen molar-refractivity contribution in [3.05, 3.63) is 52.6 Å². The van der Waals surface area contributed by atoms with Crippen LogP contribution >= 0.6 is 0 Å². The first kappa shape index (κ1) is 28.0. The van der Waals surface area contributed by atoms with Crippen LogP contribution in [0.1, 0.15) is 107 Å². The number of fused-ring (bicyclic) bond motifs is 1. The molecule has 5 nitrogen and oxygen atoms in total. The number of carbonyl (C=O) groups excluding carboxylic acids is 1. The van der Waals surface area contributed by atoms with Crippen LogP contribution in [0.5, 0.6) is 11.5 Å². The molecule has 0 radical (unpaired) electrons. The number of aliphatic hydroxyl groups excluding tert-OH is 1. The molecule has 1 aliphatic rings. The lowest BCUT2D eigenvalue weighted by Crippen LogP contribution is -2.25. The highest BCUT2D eigenvalue weighted by Crippen LogP contribution is 2.44. The molecule has 0 bridgehead atoms. The quantitative estimate of drug-likeness (QED) is 0.265. The monoisotopic (exact) mass is 495 g/mol. The zero-order chi connectivity index (χ0) is 26.1. The Morgan fingerprint density at radius 2 is 1.67 bits per heavy atom. The van der Waals surface area contributed by atoms with Crippen molar-refractivity contribution in [1.82, 2.24) is 0 Å². The molecule has 5 heteroatoms. The van der Waals surface area contributed by atoms with Gasteiger partial charge in [-0.3, -0.25) is 4.79 Å². The molecule has 1 atom stereocenters. The molecular formula is C31H45NO4. The summed E-state index contributed by atoms with van der Waals surface area (Å²) in [6.07, 6.45) is 10.1. The van der Waals surface area contributed by atoms with Crippen molar-refractivity contribution in [1.29, 1.82) is 0 Å². The van der Waals surface area contributed by atoms with Crippen LogP contribution in [-0.4, -0.2) is 23.2 Å². The first-order chi connectivity index (χ1) is 17.2. The van der Waals surface area contributed by atoms with Crippen molar-refractivity contribution in [3.8, 4) is 11.5 Å². The molecule has 0 spiro atoms. The molecule has 36 heavy (non-hydrogen) atoms. The van der Waals surface area contributed by atoms with Crippen LogP contribution < -0.4 is 14.8 Å². The summed E-state index contributed by atoms with van der Waals surface area (Å²) in [4.78, 5) is 12.8. The number of carbonyl (C=O) groups is 1. The second-order valence-corrected chi connectivity index (χ2v) is 10.9. The van der Waals surface area contributed by atoms with Crippen LogP contribution in [0.2, 0.25) is 0 Å². The van der Waals surface area contributed by atoms with Crippen LogP contribution in [0.25, 0.3) is 0 Å². The Labute approximate surface area is 217 Å². The van der Waals surface area contributed by atoms with E-state index >= 15 is 0 Å². The first-order valence-corrected chi connectivity index (χ1v) is 13.7. The average Bonchev–Trinajstić information content (AvgIpc) is 3.17. The third-order valence-corrected chi connectivity index (χ3v) is 6.96. The molecule has 1 amide bonds. The molecule has 0 saturated carbocycles. The lowest BCUT2D eigenvalue weighted by atomic mass is 9.96. The predicted octanol–water partition coefficient (Wildman–Crippen LogP) is 7.60. The second-order valence-electron chi connectivity index (χ2n) is 10.9. The smallest absolute Gasteiger partial charge is 0.227 e. The third kappa shape index (κ3) is 7.99. The summed E-state index contributed by atoms with van der Waals surface area (Å²) < 4.78 is 12.0. The molecule has 2 aromatic rings. The Kier molecular flexibility index (Phi) is 10.2. The Balaban J connectivity index is 1.45. The number of rotatable bonds is 14. The Bertz CT molecular complexity index is 997. The van der Waals surface area contributed by atoms with Gasteiger partial charge >= 0.3 is 0 Å². The largest absolute Gasteiger partial charge is 0.494 e. The number of hydrogen-bond donors (Lipinski definition) is 2. The van der Waals surface area contributed by atoms with E-state index in [9.17, 15) is 9.90 Å². The van der Waals surface area contributed by atoms with Gasteiger partial charge in [0.15, 0.2) is 0 Å². The summed E-state index contributed by atoms with van der Waals surface area (Å²) in [6.45, 7) is 11.1. The SMILES string of the molecule is CCCCCCCCCCOc1ccc(C(O)CC(=O)Nc2c(C)cc(C)c3c2OC(C)(C)C3)cc1. The summed E-state index contributed by atoms with van der Waals surface area (Å²) in [5.41, 5.74) is 4.40. The van der Waals surface area contributed by atoms with E-state index in [-0.39, 0.29) is 17.9 Å². The maximum atomic E-state index is 12.8. The minimum atomic E-state index is -0.886. The highest BCUT2D eigenvalue weighted by Gasteiger charge is 2.34. The van der Waals surface area contributed by atoms with Gasteiger partial charge in [-0.05, 0) is 62.9 Å². The molecule has 1 unspecified atom stereocenters. The fourth-order valence-corrected chi connectivity index (χ4v) is 4.91. The number of unbranched alkanes of at least 4 members (excludes halogenated alkanes) is 7. The van der Waals surface area contributed by atoms with E-state index in [0.717, 1.165) is 35.5 Å². The van der Waals surface area contributed by atoms with Crippen molar-refractivity contribution in [2.24, 2.45) is 0 Å². The van der Waals surface area contributed by atoms with Crippen LogP contribution in [-0.2, 0) is 11.2 Å². The molecule has 1 heterocycles. The van der Waals surface area contributed by atoms with E-state index in [1.165, 1.54) is 50.5 Å². The molecule has 1 aliphatic heterocycles. The fourth-order valence-electron chi connectivity index (χ4n) is 4.91. The van der Waals surface area contributed by atoms with Crippen molar-refractivity contribution in [2.75, 3.05) is 11.9 Å². The molecular weight excluding hydrogens is 450 g/mol. The predicted molar refractivity (Wildman–Crippen MR) is 147 cm³/mol. The lowest BCUT2D eigenvalue weighted by Gasteiger charge is -2.20. The van der Waals surface area contributed by atoms with Crippen LogP contribution in [0.4, 0.5) is 5.69 Å². The molecule has 0 aliphatic carbocycles. The van der Waals surface area contributed by atoms with Gasteiger partial charge in [0.05, 0.1) is 24.8 Å². The summed E-state index contributed by atoms with van der Waals surface area (Å²) in [7, 11) is 0. The number of nitrogens with one attached hydrogen (secondary N) is 1. The third-order valence-electron chi connectivity index (χ3n) is 6.96. The van der Waals surface area contributed by atoms with Gasteiger partial charge in [0.1, 0.15) is 17.1 Å².